The van der Waals surface area contributed by atoms with E-state index in [1.807, 2.05) is 13.8 Å². The van der Waals surface area contributed by atoms with E-state index in [9.17, 15) is 9.90 Å². The van der Waals surface area contributed by atoms with Crippen molar-refractivity contribution in [1.29, 1.82) is 0 Å². The molecule has 3 N–H and O–H groups in total. The van der Waals surface area contributed by atoms with Crippen LogP contribution in [-0.4, -0.2) is 34.4 Å². The molecule has 0 spiro atoms. The summed E-state index contributed by atoms with van der Waals surface area (Å²) in [7, 11) is 0. The third-order valence-electron chi connectivity index (χ3n) is 2.60. The summed E-state index contributed by atoms with van der Waals surface area (Å²) in [5.74, 6) is -0.189. The summed E-state index contributed by atoms with van der Waals surface area (Å²) in [6.45, 7) is 5.64. The molecule has 0 radical (unpaired) electrons. The molecule has 0 heterocycles. The lowest BCUT2D eigenvalue weighted by molar-refractivity contribution is -0.127. The van der Waals surface area contributed by atoms with Crippen LogP contribution in [-0.2, 0) is 4.79 Å². The van der Waals surface area contributed by atoms with E-state index < -0.39 is 5.60 Å². The second kappa shape index (κ2) is 7.63. The number of rotatable bonds is 8. The Labute approximate surface area is 98.1 Å². The number of hydrogen-bond acceptors (Lipinski definition) is 3. The zero-order chi connectivity index (χ0) is 12.6. The van der Waals surface area contributed by atoms with Gasteiger partial charge < -0.3 is 15.5 Å². The number of nitrogens with one attached hydrogen (secondary N) is 1. The smallest absolute Gasteiger partial charge is 0.223 e. The van der Waals surface area contributed by atoms with E-state index in [0.29, 0.717) is 12.8 Å². The van der Waals surface area contributed by atoms with Crippen molar-refractivity contribution in [1.82, 2.24) is 5.32 Å². The van der Waals surface area contributed by atoms with E-state index in [4.69, 9.17) is 5.11 Å². The Kier molecular flexibility index (Phi) is 7.34. The van der Waals surface area contributed by atoms with Crippen LogP contribution < -0.4 is 5.32 Å². The van der Waals surface area contributed by atoms with Crippen LogP contribution in [0.15, 0.2) is 0 Å². The molecule has 0 aromatic heterocycles. The lowest BCUT2D eigenvalue weighted by Gasteiger charge is -2.27. The highest BCUT2D eigenvalue weighted by atomic mass is 16.3. The van der Waals surface area contributed by atoms with Crippen LogP contribution in [0.3, 0.4) is 0 Å². The van der Waals surface area contributed by atoms with Crippen LogP contribution in [0.2, 0.25) is 0 Å². The zero-order valence-electron chi connectivity index (χ0n) is 10.6. The van der Waals surface area contributed by atoms with E-state index in [1.165, 1.54) is 0 Å². The largest absolute Gasteiger partial charge is 0.394 e. The number of amides is 1. The average molecular weight is 231 g/mol. The van der Waals surface area contributed by atoms with Gasteiger partial charge in [-0.05, 0) is 19.8 Å². The fraction of sp³-hybridized carbons (Fsp3) is 0.917. The molecule has 0 aliphatic carbocycles. The van der Waals surface area contributed by atoms with Crippen molar-refractivity contribution in [2.24, 2.45) is 0 Å². The summed E-state index contributed by atoms with van der Waals surface area (Å²) in [5, 5.41) is 21.7. The first-order valence-corrected chi connectivity index (χ1v) is 6.10. The first-order chi connectivity index (χ1) is 7.47. The predicted octanol–water partition coefficient (Wildman–Crippen LogP) is 1.20. The van der Waals surface area contributed by atoms with Crippen LogP contribution in [0.5, 0.6) is 0 Å². The molecule has 96 valence electrons. The second-order valence-electron chi connectivity index (χ2n) is 4.55. The van der Waals surface area contributed by atoms with Gasteiger partial charge in [-0.2, -0.15) is 0 Å². The minimum absolute atomic E-state index is 0.0777. The van der Waals surface area contributed by atoms with Gasteiger partial charge in [0, 0.05) is 6.04 Å². The van der Waals surface area contributed by atoms with Crippen molar-refractivity contribution in [2.45, 2.75) is 64.5 Å². The van der Waals surface area contributed by atoms with E-state index in [2.05, 4.69) is 5.32 Å². The van der Waals surface area contributed by atoms with Gasteiger partial charge in [-0.1, -0.05) is 26.7 Å². The second-order valence-corrected chi connectivity index (χ2v) is 4.55. The molecule has 16 heavy (non-hydrogen) atoms. The van der Waals surface area contributed by atoms with Crippen molar-refractivity contribution in [3.05, 3.63) is 0 Å². The summed E-state index contributed by atoms with van der Waals surface area (Å²) in [5.41, 5.74) is -0.886. The van der Waals surface area contributed by atoms with Crippen molar-refractivity contribution in [3.63, 3.8) is 0 Å². The van der Waals surface area contributed by atoms with Crippen LogP contribution in [0.1, 0.15) is 52.9 Å². The molecular weight excluding hydrogens is 206 g/mol. The molecule has 4 nitrogen and oxygen atoms in total. The fourth-order valence-corrected chi connectivity index (χ4v) is 1.90. The van der Waals surface area contributed by atoms with Crippen molar-refractivity contribution in [3.8, 4) is 0 Å². The maximum Gasteiger partial charge on any atom is 0.223 e. The summed E-state index contributed by atoms with van der Waals surface area (Å²) >= 11 is 0. The lowest BCUT2D eigenvalue weighted by Crippen LogP contribution is -2.41. The third kappa shape index (κ3) is 6.08. The van der Waals surface area contributed by atoms with Crippen LogP contribution >= 0.6 is 0 Å². The Morgan fingerprint density at radius 1 is 1.31 bits per heavy atom. The van der Waals surface area contributed by atoms with Crippen LogP contribution in [0, 0.1) is 0 Å². The highest BCUT2D eigenvalue weighted by Gasteiger charge is 2.28. The van der Waals surface area contributed by atoms with Gasteiger partial charge in [0.15, 0.2) is 0 Å². The molecule has 4 heteroatoms. The number of carbonyl (C=O) groups excluding carboxylic acids is 1. The maximum absolute atomic E-state index is 11.6. The zero-order valence-corrected chi connectivity index (χ0v) is 10.6. The van der Waals surface area contributed by atoms with Crippen molar-refractivity contribution >= 4 is 5.91 Å². The molecule has 0 rings (SSSR count). The highest BCUT2D eigenvalue weighted by molar-refractivity contribution is 5.77. The monoisotopic (exact) mass is 231 g/mol. The van der Waals surface area contributed by atoms with Gasteiger partial charge in [-0.15, -0.1) is 0 Å². The van der Waals surface area contributed by atoms with Gasteiger partial charge in [-0.3, -0.25) is 4.79 Å². The van der Waals surface area contributed by atoms with Gasteiger partial charge in [-0.25, -0.2) is 0 Å². The molecule has 0 aromatic rings. The van der Waals surface area contributed by atoms with E-state index in [-0.39, 0.29) is 25.0 Å². The normalized spacial score (nSPS) is 13.6. The van der Waals surface area contributed by atoms with Gasteiger partial charge in [0.25, 0.3) is 0 Å². The number of aliphatic hydroxyl groups excluding tert-OH is 1. The Bertz CT molecular complexity index is 200. The molecule has 0 bridgehead atoms. The molecule has 0 aliphatic heterocycles. The summed E-state index contributed by atoms with van der Waals surface area (Å²) in [4.78, 5) is 11.6. The lowest BCUT2D eigenvalue weighted by atomic mass is 9.89. The average Bonchev–Trinajstić information content (AvgIpc) is 2.17. The summed E-state index contributed by atoms with van der Waals surface area (Å²) < 4.78 is 0. The van der Waals surface area contributed by atoms with E-state index in [1.54, 1.807) is 6.92 Å². The van der Waals surface area contributed by atoms with Gasteiger partial charge in [0.05, 0.1) is 18.6 Å². The topological polar surface area (TPSA) is 69.6 Å². The molecule has 1 unspecified atom stereocenters. The summed E-state index contributed by atoms with van der Waals surface area (Å²) in [6, 6.07) is -0.250. The van der Waals surface area contributed by atoms with E-state index in [0.717, 1.165) is 12.8 Å². The quantitative estimate of drug-likeness (QED) is 0.588. The van der Waals surface area contributed by atoms with Crippen LogP contribution in [0.25, 0.3) is 0 Å². The van der Waals surface area contributed by atoms with Gasteiger partial charge in [0.2, 0.25) is 5.91 Å². The highest BCUT2D eigenvalue weighted by Crippen LogP contribution is 2.23. The molecule has 1 atom stereocenters. The molecule has 0 saturated heterocycles. The predicted molar refractivity (Wildman–Crippen MR) is 64.1 cm³/mol. The number of aliphatic hydroxyl groups is 2. The molecule has 1 amide bonds. The van der Waals surface area contributed by atoms with Crippen molar-refractivity contribution < 1.29 is 15.0 Å². The molecule has 0 fully saturated rings. The SMILES string of the molecule is CCCC(O)(CCC)CC(=O)NC(C)CO. The number of hydrogen-bond donors (Lipinski definition) is 3. The first-order valence-electron chi connectivity index (χ1n) is 6.10. The molecular formula is C12H25NO3. The molecule has 0 aromatic carbocycles. The number of carbonyl (C=O) groups is 1. The first kappa shape index (κ1) is 15.4. The third-order valence-corrected chi connectivity index (χ3v) is 2.60. The Hall–Kier alpha value is -0.610. The van der Waals surface area contributed by atoms with Crippen LogP contribution in [0.4, 0.5) is 0 Å². The van der Waals surface area contributed by atoms with Gasteiger partial charge in [0.1, 0.15) is 0 Å². The Morgan fingerprint density at radius 3 is 2.19 bits per heavy atom. The maximum atomic E-state index is 11.6. The van der Waals surface area contributed by atoms with E-state index >= 15 is 0 Å². The molecule has 0 aliphatic rings. The van der Waals surface area contributed by atoms with Crippen molar-refractivity contribution in [2.75, 3.05) is 6.61 Å². The Balaban J connectivity index is 4.22. The minimum atomic E-state index is -0.886. The molecule has 0 saturated carbocycles. The van der Waals surface area contributed by atoms with Gasteiger partial charge >= 0.3 is 0 Å². The fourth-order valence-electron chi connectivity index (χ4n) is 1.90. The standard InChI is InChI=1S/C12H25NO3/c1-4-6-12(16,7-5-2)8-11(15)13-10(3)9-14/h10,14,16H,4-9H2,1-3H3,(H,13,15). The Morgan fingerprint density at radius 2 is 1.81 bits per heavy atom. The summed E-state index contributed by atoms with van der Waals surface area (Å²) in [6.07, 6.45) is 3.13. The minimum Gasteiger partial charge on any atom is -0.394 e.